The number of carbonyl (C=O) groups is 1. The van der Waals surface area contributed by atoms with Gasteiger partial charge in [-0.1, -0.05) is 5.16 Å². The summed E-state index contributed by atoms with van der Waals surface area (Å²) >= 11 is 0. The van der Waals surface area contributed by atoms with Gasteiger partial charge in [0, 0.05) is 11.6 Å². The van der Waals surface area contributed by atoms with Gasteiger partial charge in [0.15, 0.2) is 11.5 Å². The van der Waals surface area contributed by atoms with Crippen molar-refractivity contribution in [3.63, 3.8) is 0 Å². The maximum Gasteiger partial charge on any atom is 0.358 e. The summed E-state index contributed by atoms with van der Waals surface area (Å²) in [5, 5.41) is 16.1. The van der Waals surface area contributed by atoms with Gasteiger partial charge in [-0.15, -0.1) is 0 Å². The van der Waals surface area contributed by atoms with Crippen LogP contribution >= 0.6 is 0 Å². The van der Waals surface area contributed by atoms with Crippen molar-refractivity contribution >= 4 is 5.97 Å². The molecule has 20 heavy (non-hydrogen) atoms. The first kappa shape index (κ1) is 12.4. The average Bonchev–Trinajstić information content (AvgIpc) is 2.84. The molecule has 1 aromatic rings. The van der Waals surface area contributed by atoms with Crippen LogP contribution in [0.2, 0.25) is 0 Å². The van der Waals surface area contributed by atoms with Gasteiger partial charge in [0.05, 0.1) is 6.54 Å². The number of hydrogen-bond acceptors (Lipinski definition) is 4. The Balaban J connectivity index is 1.45. The van der Waals surface area contributed by atoms with E-state index in [1.165, 1.54) is 44.6 Å². The molecule has 0 amide bonds. The molecule has 4 aliphatic rings. The summed E-state index contributed by atoms with van der Waals surface area (Å²) in [6.07, 6.45) is 8.10. The lowest BCUT2D eigenvalue weighted by Crippen LogP contribution is -2.58. The minimum atomic E-state index is -1.03. The van der Waals surface area contributed by atoms with Crippen LogP contribution in [0.25, 0.3) is 0 Å². The van der Waals surface area contributed by atoms with E-state index >= 15 is 0 Å². The number of carboxylic acids is 1. The Morgan fingerprint density at radius 2 is 1.90 bits per heavy atom. The van der Waals surface area contributed by atoms with Gasteiger partial charge in [0.1, 0.15) is 0 Å². The first-order chi connectivity index (χ1) is 9.62. The summed E-state index contributed by atoms with van der Waals surface area (Å²) in [5.74, 6) is 2.29. The van der Waals surface area contributed by atoms with Crippen molar-refractivity contribution in [1.29, 1.82) is 0 Å². The van der Waals surface area contributed by atoms with Crippen LogP contribution in [0.4, 0.5) is 0 Å². The highest BCUT2D eigenvalue weighted by molar-refractivity contribution is 5.85. The molecule has 5 rings (SSSR count). The summed E-state index contributed by atoms with van der Waals surface area (Å²) in [6, 6.07) is 1.52. The quantitative estimate of drug-likeness (QED) is 0.883. The second-order valence-corrected chi connectivity index (χ2v) is 7.04. The van der Waals surface area contributed by atoms with Gasteiger partial charge in [0.2, 0.25) is 0 Å². The lowest BCUT2D eigenvalue weighted by molar-refractivity contribution is -0.0215. The summed E-state index contributed by atoms with van der Waals surface area (Å²) < 4.78 is 5.10. The van der Waals surface area contributed by atoms with Gasteiger partial charge in [-0.25, -0.2) is 4.79 Å². The highest BCUT2D eigenvalue weighted by Gasteiger charge is 2.50. The number of aromatic nitrogens is 1. The summed E-state index contributed by atoms with van der Waals surface area (Å²) in [5.41, 5.74) is 0.262. The number of hydrogen-bond donors (Lipinski definition) is 2. The first-order valence-electron chi connectivity index (χ1n) is 7.56. The Bertz CT molecular complexity index is 502. The molecule has 5 nitrogen and oxygen atoms in total. The Kier molecular flexibility index (Phi) is 2.67. The van der Waals surface area contributed by atoms with E-state index in [0.717, 1.165) is 17.8 Å². The largest absolute Gasteiger partial charge is 0.476 e. The van der Waals surface area contributed by atoms with Crippen LogP contribution in [-0.4, -0.2) is 21.8 Å². The fraction of sp³-hybridized carbons (Fsp3) is 0.733. The molecule has 0 aromatic carbocycles. The van der Waals surface area contributed by atoms with E-state index in [1.807, 2.05) is 0 Å². The van der Waals surface area contributed by atoms with Crippen LogP contribution in [0.3, 0.4) is 0 Å². The van der Waals surface area contributed by atoms with Gasteiger partial charge < -0.3 is 14.9 Å². The van der Waals surface area contributed by atoms with E-state index in [2.05, 4.69) is 10.5 Å². The van der Waals surface area contributed by atoms with Crippen molar-refractivity contribution in [1.82, 2.24) is 10.5 Å². The predicted octanol–water partition coefficient (Wildman–Crippen LogP) is 2.43. The van der Waals surface area contributed by atoms with Gasteiger partial charge >= 0.3 is 5.97 Å². The number of carboxylic acid groups (broad SMARTS) is 1. The summed E-state index contributed by atoms with van der Waals surface area (Å²) in [4.78, 5) is 10.8. The Hall–Kier alpha value is -1.36. The standard InChI is InChI=1S/C15H20N2O3/c18-14(19)13-4-12(20-17-13)8-16-15-5-9-1-10(6-15)3-11(2-9)7-15/h4,9-11,16H,1-3,5-8H2,(H,18,19). The third-order valence-corrected chi connectivity index (χ3v) is 5.45. The molecule has 0 unspecified atom stereocenters. The van der Waals surface area contributed by atoms with Gasteiger partial charge in [-0.05, 0) is 56.3 Å². The number of nitrogens with one attached hydrogen (secondary N) is 1. The molecular weight excluding hydrogens is 256 g/mol. The zero-order valence-electron chi connectivity index (χ0n) is 11.5. The van der Waals surface area contributed by atoms with Crippen molar-refractivity contribution in [3.05, 3.63) is 17.5 Å². The summed E-state index contributed by atoms with van der Waals surface area (Å²) in [7, 11) is 0. The van der Waals surface area contributed by atoms with Crippen LogP contribution in [-0.2, 0) is 6.54 Å². The molecule has 0 spiro atoms. The van der Waals surface area contributed by atoms with Crippen molar-refractivity contribution in [2.75, 3.05) is 0 Å². The molecule has 4 saturated carbocycles. The molecule has 0 radical (unpaired) electrons. The van der Waals surface area contributed by atoms with Crippen molar-refractivity contribution < 1.29 is 14.4 Å². The molecule has 1 heterocycles. The Morgan fingerprint density at radius 1 is 1.30 bits per heavy atom. The van der Waals surface area contributed by atoms with E-state index in [0.29, 0.717) is 12.3 Å². The smallest absolute Gasteiger partial charge is 0.358 e. The van der Waals surface area contributed by atoms with Gasteiger partial charge in [0.25, 0.3) is 0 Å². The molecule has 1 aromatic heterocycles. The normalized spacial score (nSPS) is 38.3. The fourth-order valence-corrected chi connectivity index (χ4v) is 5.10. The highest BCUT2D eigenvalue weighted by atomic mass is 16.5. The average molecular weight is 276 g/mol. The monoisotopic (exact) mass is 276 g/mol. The lowest BCUT2D eigenvalue weighted by atomic mass is 9.53. The SMILES string of the molecule is O=C(O)c1cc(CNC23CC4CC(CC(C4)C2)C3)on1. The molecule has 4 aliphatic carbocycles. The maximum atomic E-state index is 10.8. The van der Waals surface area contributed by atoms with Gasteiger partial charge in [-0.2, -0.15) is 0 Å². The number of aromatic carboxylic acids is 1. The molecular formula is C15H20N2O3. The zero-order chi connectivity index (χ0) is 13.7. The molecule has 5 heteroatoms. The van der Waals surface area contributed by atoms with Crippen LogP contribution in [0.5, 0.6) is 0 Å². The first-order valence-corrected chi connectivity index (χ1v) is 7.56. The van der Waals surface area contributed by atoms with Crippen molar-refractivity contribution in [2.45, 2.75) is 50.6 Å². The van der Waals surface area contributed by atoms with Crippen LogP contribution in [0, 0.1) is 17.8 Å². The molecule has 108 valence electrons. The maximum absolute atomic E-state index is 10.8. The predicted molar refractivity (Wildman–Crippen MR) is 71.2 cm³/mol. The zero-order valence-corrected chi connectivity index (χ0v) is 11.5. The Labute approximate surface area is 117 Å². The molecule has 4 bridgehead atoms. The van der Waals surface area contributed by atoms with E-state index in [9.17, 15) is 4.79 Å². The molecule has 4 fully saturated rings. The van der Waals surface area contributed by atoms with Crippen molar-refractivity contribution in [3.8, 4) is 0 Å². The van der Waals surface area contributed by atoms with E-state index < -0.39 is 5.97 Å². The van der Waals surface area contributed by atoms with Crippen LogP contribution in [0.15, 0.2) is 10.6 Å². The molecule has 0 aliphatic heterocycles. The minimum absolute atomic E-state index is 0.00712. The molecule has 0 atom stereocenters. The fourth-order valence-electron chi connectivity index (χ4n) is 5.10. The lowest BCUT2D eigenvalue weighted by Gasteiger charge is -2.57. The van der Waals surface area contributed by atoms with Crippen molar-refractivity contribution in [2.24, 2.45) is 17.8 Å². The second kappa shape index (κ2) is 4.32. The number of rotatable bonds is 4. The second-order valence-electron chi connectivity index (χ2n) is 7.04. The van der Waals surface area contributed by atoms with E-state index in [4.69, 9.17) is 9.63 Å². The topological polar surface area (TPSA) is 75.4 Å². The van der Waals surface area contributed by atoms with E-state index in [1.54, 1.807) is 0 Å². The molecule has 0 saturated heterocycles. The third kappa shape index (κ3) is 2.04. The van der Waals surface area contributed by atoms with Crippen LogP contribution in [0.1, 0.15) is 54.8 Å². The van der Waals surface area contributed by atoms with Gasteiger partial charge in [-0.3, -0.25) is 0 Å². The Morgan fingerprint density at radius 3 is 2.40 bits per heavy atom. The third-order valence-electron chi connectivity index (χ3n) is 5.45. The summed E-state index contributed by atoms with van der Waals surface area (Å²) in [6.45, 7) is 0.590. The van der Waals surface area contributed by atoms with Crippen LogP contribution < -0.4 is 5.32 Å². The highest BCUT2D eigenvalue weighted by Crippen LogP contribution is 2.55. The number of nitrogens with zero attached hydrogens (tertiary/aromatic N) is 1. The molecule has 2 N–H and O–H groups in total. The van der Waals surface area contributed by atoms with E-state index in [-0.39, 0.29) is 11.2 Å². The minimum Gasteiger partial charge on any atom is -0.476 e.